The van der Waals surface area contributed by atoms with Crippen molar-refractivity contribution in [3.8, 4) is 0 Å². The summed E-state index contributed by atoms with van der Waals surface area (Å²) in [5, 5.41) is 0. The summed E-state index contributed by atoms with van der Waals surface area (Å²) < 4.78 is 39.6. The van der Waals surface area contributed by atoms with Gasteiger partial charge in [0.2, 0.25) is 0 Å². The van der Waals surface area contributed by atoms with E-state index in [9.17, 15) is 13.2 Å². The summed E-state index contributed by atoms with van der Waals surface area (Å²) >= 11 is 0. The summed E-state index contributed by atoms with van der Waals surface area (Å²) in [4.78, 5) is 4.23. The Bertz CT molecular complexity index is 488. The Hall–Kier alpha value is -1.27. The number of hydrogen-bond donors (Lipinski definition) is 1. The van der Waals surface area contributed by atoms with Gasteiger partial charge in [0.05, 0.1) is 5.56 Å². The van der Waals surface area contributed by atoms with Crippen molar-refractivity contribution in [1.29, 1.82) is 0 Å². The molecule has 1 saturated heterocycles. The Morgan fingerprint density at radius 3 is 2.57 bits per heavy atom. The van der Waals surface area contributed by atoms with Crippen molar-refractivity contribution in [3.63, 3.8) is 0 Å². The number of nitrogens with zero attached hydrogens (tertiary/aromatic N) is 2. The molecule has 0 radical (unpaired) electrons. The van der Waals surface area contributed by atoms with Crippen LogP contribution < -0.4 is 10.6 Å². The second-order valence-corrected chi connectivity index (χ2v) is 5.68. The summed E-state index contributed by atoms with van der Waals surface area (Å²) in [6, 6.07) is 4.82. The van der Waals surface area contributed by atoms with Crippen molar-refractivity contribution in [3.05, 3.63) is 29.3 Å². The van der Waals surface area contributed by atoms with Gasteiger partial charge < -0.3 is 15.5 Å². The molecule has 0 spiro atoms. The van der Waals surface area contributed by atoms with Crippen molar-refractivity contribution in [1.82, 2.24) is 4.90 Å². The fourth-order valence-electron chi connectivity index (χ4n) is 2.90. The van der Waals surface area contributed by atoms with Gasteiger partial charge in [-0.3, -0.25) is 0 Å². The number of anilines is 1. The second-order valence-electron chi connectivity index (χ2n) is 5.68. The lowest BCUT2D eigenvalue weighted by Crippen LogP contribution is -2.50. The quantitative estimate of drug-likeness (QED) is 0.930. The normalized spacial score (nSPS) is 20.9. The molecule has 3 nitrogen and oxygen atoms in total. The molecule has 2 rings (SSSR count). The van der Waals surface area contributed by atoms with Crippen LogP contribution in [0.2, 0.25) is 0 Å². The molecule has 21 heavy (non-hydrogen) atoms. The van der Waals surface area contributed by atoms with Crippen LogP contribution in [0.1, 0.15) is 18.1 Å². The number of benzene rings is 1. The minimum Gasteiger partial charge on any atom is -0.366 e. The van der Waals surface area contributed by atoms with Crippen molar-refractivity contribution in [2.45, 2.75) is 25.6 Å². The van der Waals surface area contributed by atoms with E-state index in [2.05, 4.69) is 4.90 Å². The van der Waals surface area contributed by atoms with Gasteiger partial charge in [0.15, 0.2) is 0 Å². The highest BCUT2D eigenvalue weighted by molar-refractivity contribution is 5.53. The highest BCUT2D eigenvalue weighted by Gasteiger charge is 2.34. The third-order valence-electron chi connectivity index (χ3n) is 3.97. The maximum absolute atomic E-state index is 13.2. The van der Waals surface area contributed by atoms with E-state index in [0.29, 0.717) is 5.69 Å². The number of piperazine rings is 1. The lowest BCUT2D eigenvalue weighted by molar-refractivity contribution is -0.138. The van der Waals surface area contributed by atoms with E-state index < -0.39 is 11.7 Å². The van der Waals surface area contributed by atoms with Crippen LogP contribution in [0.15, 0.2) is 18.2 Å². The van der Waals surface area contributed by atoms with Crippen LogP contribution in [-0.2, 0) is 12.6 Å². The average molecular weight is 301 g/mol. The van der Waals surface area contributed by atoms with E-state index in [4.69, 9.17) is 5.73 Å². The molecule has 1 aliphatic rings. The lowest BCUT2D eigenvalue weighted by atomic mass is 10.0. The van der Waals surface area contributed by atoms with Crippen molar-refractivity contribution in [2.75, 3.05) is 38.1 Å². The first-order chi connectivity index (χ1) is 9.82. The van der Waals surface area contributed by atoms with Crippen LogP contribution in [-0.4, -0.2) is 44.2 Å². The molecule has 1 heterocycles. The molecule has 0 aliphatic carbocycles. The minimum absolute atomic E-state index is 0.199. The number of likely N-dealkylation sites (N-methyl/N-ethyl adjacent to an activating group) is 1. The molecular weight excluding hydrogens is 279 g/mol. The van der Waals surface area contributed by atoms with Crippen LogP contribution in [0.5, 0.6) is 0 Å². The Balaban J connectivity index is 2.33. The van der Waals surface area contributed by atoms with Crippen LogP contribution >= 0.6 is 0 Å². The first-order valence-electron chi connectivity index (χ1n) is 7.18. The zero-order chi connectivity index (χ0) is 15.6. The number of hydrogen-bond acceptors (Lipinski definition) is 3. The molecule has 0 amide bonds. The molecule has 1 aromatic carbocycles. The van der Waals surface area contributed by atoms with E-state index in [-0.39, 0.29) is 24.6 Å². The standard InChI is InChI=1S/C15H22F3N3/c1-11-10-20(2)7-8-21(11)13-4-3-12(5-6-19)14(9-13)15(16,17)18/h3-4,9,11H,5-8,10,19H2,1-2H3. The highest BCUT2D eigenvalue weighted by Crippen LogP contribution is 2.35. The van der Waals surface area contributed by atoms with Crippen LogP contribution in [0.3, 0.4) is 0 Å². The van der Waals surface area contributed by atoms with Crippen molar-refractivity contribution < 1.29 is 13.2 Å². The minimum atomic E-state index is -4.34. The van der Waals surface area contributed by atoms with Gasteiger partial charge in [0, 0.05) is 31.4 Å². The molecule has 1 unspecified atom stereocenters. The average Bonchev–Trinajstić information content (AvgIpc) is 2.38. The third-order valence-corrected chi connectivity index (χ3v) is 3.97. The number of rotatable bonds is 3. The maximum Gasteiger partial charge on any atom is 0.416 e. The number of alkyl halides is 3. The molecule has 1 fully saturated rings. The Morgan fingerprint density at radius 1 is 1.29 bits per heavy atom. The molecule has 1 aromatic rings. The maximum atomic E-state index is 13.2. The first-order valence-corrected chi connectivity index (χ1v) is 7.18. The number of nitrogens with two attached hydrogens (primary N) is 1. The molecule has 0 saturated carbocycles. The fourth-order valence-corrected chi connectivity index (χ4v) is 2.90. The van der Waals surface area contributed by atoms with Gasteiger partial charge in [-0.15, -0.1) is 0 Å². The summed E-state index contributed by atoms with van der Waals surface area (Å²) in [6.45, 7) is 4.71. The van der Waals surface area contributed by atoms with Crippen LogP contribution in [0.4, 0.5) is 18.9 Å². The molecule has 118 valence electrons. The zero-order valence-corrected chi connectivity index (χ0v) is 12.5. The predicted octanol–water partition coefficient (Wildman–Crippen LogP) is 2.35. The summed E-state index contributed by atoms with van der Waals surface area (Å²) in [5.74, 6) is 0. The highest BCUT2D eigenvalue weighted by atomic mass is 19.4. The molecule has 0 aromatic heterocycles. The monoisotopic (exact) mass is 301 g/mol. The molecule has 0 bridgehead atoms. The lowest BCUT2D eigenvalue weighted by Gasteiger charge is -2.40. The van der Waals surface area contributed by atoms with Gasteiger partial charge in [0.1, 0.15) is 0 Å². The van der Waals surface area contributed by atoms with Crippen molar-refractivity contribution >= 4 is 5.69 Å². The van der Waals surface area contributed by atoms with E-state index in [1.807, 2.05) is 18.9 Å². The molecule has 6 heteroatoms. The second kappa shape index (κ2) is 6.23. The predicted molar refractivity (Wildman–Crippen MR) is 78.5 cm³/mol. The van der Waals surface area contributed by atoms with Crippen LogP contribution in [0.25, 0.3) is 0 Å². The van der Waals surface area contributed by atoms with Gasteiger partial charge in [-0.05, 0) is 44.6 Å². The van der Waals surface area contributed by atoms with Gasteiger partial charge in [0.25, 0.3) is 0 Å². The fraction of sp³-hybridized carbons (Fsp3) is 0.600. The molecule has 2 N–H and O–H groups in total. The summed E-state index contributed by atoms with van der Waals surface area (Å²) in [5.41, 5.74) is 5.76. The smallest absolute Gasteiger partial charge is 0.366 e. The van der Waals surface area contributed by atoms with Gasteiger partial charge >= 0.3 is 6.18 Å². The SMILES string of the molecule is CC1CN(C)CCN1c1ccc(CCN)c(C(F)(F)F)c1. The number of halogens is 3. The van der Waals surface area contributed by atoms with E-state index in [1.165, 1.54) is 6.07 Å². The van der Waals surface area contributed by atoms with Gasteiger partial charge in [-0.2, -0.15) is 13.2 Å². The Kier molecular flexibility index (Phi) is 4.78. The Labute approximate surface area is 123 Å². The topological polar surface area (TPSA) is 32.5 Å². The largest absolute Gasteiger partial charge is 0.416 e. The van der Waals surface area contributed by atoms with Gasteiger partial charge in [-0.25, -0.2) is 0 Å². The van der Waals surface area contributed by atoms with E-state index in [1.54, 1.807) is 12.1 Å². The summed E-state index contributed by atoms with van der Waals surface area (Å²) in [6.07, 6.45) is -4.09. The third kappa shape index (κ3) is 3.68. The molecular formula is C15H22F3N3. The van der Waals surface area contributed by atoms with Crippen molar-refractivity contribution in [2.24, 2.45) is 5.73 Å². The molecule has 1 aliphatic heterocycles. The zero-order valence-electron chi connectivity index (χ0n) is 12.5. The van der Waals surface area contributed by atoms with E-state index >= 15 is 0 Å². The van der Waals surface area contributed by atoms with Gasteiger partial charge in [-0.1, -0.05) is 6.07 Å². The molecule has 1 atom stereocenters. The Morgan fingerprint density at radius 2 is 2.00 bits per heavy atom. The van der Waals surface area contributed by atoms with E-state index in [0.717, 1.165) is 19.6 Å². The first kappa shape index (κ1) is 16.1. The summed E-state index contributed by atoms with van der Waals surface area (Å²) in [7, 11) is 2.03. The van der Waals surface area contributed by atoms with Crippen LogP contribution in [0, 0.1) is 0 Å².